The molecule has 0 aliphatic rings. The van der Waals surface area contributed by atoms with E-state index in [9.17, 15) is 0 Å². The Balaban J connectivity index is 3.34. The first-order valence-corrected chi connectivity index (χ1v) is 3.85. The molecule has 4 nitrogen and oxygen atoms in total. The largest absolute Gasteiger partial charge is 0.252 e. The van der Waals surface area contributed by atoms with Crippen LogP contribution in [0.3, 0.4) is 0 Å². The summed E-state index contributed by atoms with van der Waals surface area (Å²) in [5.41, 5.74) is 0. The summed E-state index contributed by atoms with van der Waals surface area (Å²) in [5, 5.41) is 16.5. The lowest BCUT2D eigenvalue weighted by molar-refractivity contribution is -0.292. The van der Waals surface area contributed by atoms with E-state index >= 15 is 0 Å². The summed E-state index contributed by atoms with van der Waals surface area (Å²) in [6.07, 6.45) is 1.78. The minimum absolute atomic E-state index is 0.146. The maximum atomic E-state index is 8.31. The Kier molecular flexibility index (Phi) is 6.45. The molecule has 0 aromatic rings. The predicted octanol–water partition coefficient (Wildman–Crippen LogP) is 1.91. The molecule has 0 aromatic heterocycles. The van der Waals surface area contributed by atoms with Crippen LogP contribution in [0.1, 0.15) is 33.1 Å². The van der Waals surface area contributed by atoms with Crippen molar-refractivity contribution in [1.29, 1.82) is 0 Å². The molecule has 0 saturated carbocycles. The SMILES string of the molecule is CCC(CCC(C)OO)OO. The van der Waals surface area contributed by atoms with E-state index in [1.165, 1.54) is 0 Å². The van der Waals surface area contributed by atoms with Crippen LogP contribution in [0.5, 0.6) is 0 Å². The van der Waals surface area contributed by atoms with Gasteiger partial charge in [0, 0.05) is 0 Å². The molecule has 0 radical (unpaired) electrons. The van der Waals surface area contributed by atoms with Crippen molar-refractivity contribution in [2.24, 2.45) is 0 Å². The van der Waals surface area contributed by atoms with Crippen LogP contribution in [0.25, 0.3) is 0 Å². The fourth-order valence-electron chi connectivity index (χ4n) is 0.805. The molecule has 0 fully saturated rings. The summed E-state index contributed by atoms with van der Waals surface area (Å²) in [5.74, 6) is 0. The minimum Gasteiger partial charge on any atom is -0.252 e. The maximum Gasteiger partial charge on any atom is 0.0925 e. The highest BCUT2D eigenvalue weighted by atomic mass is 17.1. The second-order valence-electron chi connectivity index (χ2n) is 2.63. The van der Waals surface area contributed by atoms with E-state index < -0.39 is 0 Å². The predicted molar refractivity (Wildman–Crippen MR) is 40.2 cm³/mol. The van der Waals surface area contributed by atoms with E-state index in [4.69, 9.17) is 10.5 Å². The van der Waals surface area contributed by atoms with Crippen LogP contribution in [0, 0.1) is 0 Å². The van der Waals surface area contributed by atoms with Gasteiger partial charge in [-0.1, -0.05) is 6.92 Å². The Hall–Kier alpha value is -0.160. The Morgan fingerprint density at radius 1 is 1.18 bits per heavy atom. The Bertz CT molecular complexity index is 82.5. The van der Waals surface area contributed by atoms with Gasteiger partial charge in [0.05, 0.1) is 12.2 Å². The smallest absolute Gasteiger partial charge is 0.0925 e. The molecule has 0 aliphatic carbocycles. The van der Waals surface area contributed by atoms with Crippen LogP contribution < -0.4 is 0 Å². The van der Waals surface area contributed by atoms with Crippen molar-refractivity contribution in [1.82, 2.24) is 0 Å². The van der Waals surface area contributed by atoms with Gasteiger partial charge in [-0.05, 0) is 26.2 Å². The zero-order chi connectivity index (χ0) is 8.69. The van der Waals surface area contributed by atoms with Gasteiger partial charge in [0.25, 0.3) is 0 Å². The summed E-state index contributed by atoms with van der Waals surface area (Å²) in [4.78, 5) is 8.21. The zero-order valence-electron chi connectivity index (χ0n) is 6.99. The van der Waals surface area contributed by atoms with E-state index in [-0.39, 0.29) is 12.2 Å². The van der Waals surface area contributed by atoms with Gasteiger partial charge in [-0.25, -0.2) is 9.78 Å². The Labute approximate surface area is 66.6 Å². The molecule has 0 spiro atoms. The van der Waals surface area contributed by atoms with Gasteiger partial charge in [0.2, 0.25) is 0 Å². The second-order valence-corrected chi connectivity index (χ2v) is 2.63. The molecule has 0 bridgehead atoms. The van der Waals surface area contributed by atoms with Crippen molar-refractivity contribution in [2.75, 3.05) is 0 Å². The molecule has 4 heteroatoms. The van der Waals surface area contributed by atoms with Crippen LogP contribution in [0.4, 0.5) is 0 Å². The maximum absolute atomic E-state index is 8.31. The van der Waals surface area contributed by atoms with Gasteiger partial charge in [-0.2, -0.15) is 0 Å². The fraction of sp³-hybridized carbons (Fsp3) is 1.00. The average molecular weight is 164 g/mol. The van der Waals surface area contributed by atoms with Crippen LogP contribution >= 0.6 is 0 Å². The molecule has 0 amide bonds. The Morgan fingerprint density at radius 2 is 1.82 bits per heavy atom. The molecule has 0 heterocycles. The molecule has 0 rings (SSSR count). The third kappa shape index (κ3) is 5.15. The fourth-order valence-corrected chi connectivity index (χ4v) is 0.805. The third-order valence-electron chi connectivity index (χ3n) is 1.68. The van der Waals surface area contributed by atoms with Crippen LogP contribution in [-0.2, 0) is 9.78 Å². The highest BCUT2D eigenvalue weighted by Crippen LogP contribution is 2.08. The van der Waals surface area contributed by atoms with Gasteiger partial charge in [0.1, 0.15) is 0 Å². The molecule has 2 unspecified atom stereocenters. The number of rotatable bonds is 6. The first kappa shape index (κ1) is 10.8. The Morgan fingerprint density at radius 3 is 2.18 bits per heavy atom. The highest BCUT2D eigenvalue weighted by molar-refractivity contribution is 4.56. The van der Waals surface area contributed by atoms with E-state index in [1.807, 2.05) is 6.92 Å². The first-order chi connectivity index (χ1) is 5.24. The molecule has 2 atom stereocenters. The molecule has 68 valence electrons. The first-order valence-electron chi connectivity index (χ1n) is 3.85. The summed E-state index contributed by atoms with van der Waals surface area (Å²) >= 11 is 0. The molecule has 2 N–H and O–H groups in total. The van der Waals surface area contributed by atoms with Crippen molar-refractivity contribution in [3.05, 3.63) is 0 Å². The molecule has 0 saturated heterocycles. The monoisotopic (exact) mass is 164 g/mol. The van der Waals surface area contributed by atoms with Gasteiger partial charge in [-0.3, -0.25) is 10.5 Å². The number of hydrogen-bond donors (Lipinski definition) is 2. The van der Waals surface area contributed by atoms with Crippen molar-refractivity contribution in [3.8, 4) is 0 Å². The molecule has 0 aliphatic heterocycles. The molecular formula is C7H16O4. The van der Waals surface area contributed by atoms with Crippen molar-refractivity contribution < 1.29 is 20.3 Å². The molecule has 0 aromatic carbocycles. The quantitative estimate of drug-likeness (QED) is 0.465. The van der Waals surface area contributed by atoms with E-state index in [1.54, 1.807) is 6.92 Å². The van der Waals surface area contributed by atoms with E-state index in [0.29, 0.717) is 12.8 Å². The summed E-state index contributed by atoms with van der Waals surface area (Å²) in [6.45, 7) is 3.68. The van der Waals surface area contributed by atoms with Crippen LogP contribution in [0.15, 0.2) is 0 Å². The van der Waals surface area contributed by atoms with Gasteiger partial charge in [-0.15, -0.1) is 0 Å². The van der Waals surface area contributed by atoms with Gasteiger partial charge >= 0.3 is 0 Å². The van der Waals surface area contributed by atoms with Crippen molar-refractivity contribution >= 4 is 0 Å². The topological polar surface area (TPSA) is 58.9 Å². The lowest BCUT2D eigenvalue weighted by atomic mass is 10.1. The zero-order valence-corrected chi connectivity index (χ0v) is 6.99. The summed E-state index contributed by atoms with van der Waals surface area (Å²) < 4.78 is 0. The van der Waals surface area contributed by atoms with Crippen molar-refractivity contribution in [3.63, 3.8) is 0 Å². The summed E-state index contributed by atoms with van der Waals surface area (Å²) in [6, 6.07) is 0. The second kappa shape index (κ2) is 6.54. The van der Waals surface area contributed by atoms with Gasteiger partial charge in [0.15, 0.2) is 0 Å². The van der Waals surface area contributed by atoms with Crippen LogP contribution in [-0.4, -0.2) is 22.7 Å². The lowest BCUT2D eigenvalue weighted by Crippen LogP contribution is -2.14. The average Bonchev–Trinajstić information content (AvgIpc) is 2.06. The van der Waals surface area contributed by atoms with E-state index in [0.717, 1.165) is 6.42 Å². The standard InChI is InChI=1S/C7H16O4/c1-3-7(11-9)5-4-6(2)10-8/h6-9H,3-5H2,1-2H3. The third-order valence-corrected chi connectivity index (χ3v) is 1.68. The van der Waals surface area contributed by atoms with E-state index in [2.05, 4.69) is 9.78 Å². The minimum atomic E-state index is -0.195. The normalized spacial score (nSPS) is 16.4. The van der Waals surface area contributed by atoms with Crippen LogP contribution in [0.2, 0.25) is 0 Å². The lowest BCUT2D eigenvalue weighted by Gasteiger charge is -2.12. The molecule has 11 heavy (non-hydrogen) atoms. The summed E-state index contributed by atoms with van der Waals surface area (Å²) in [7, 11) is 0. The molecular weight excluding hydrogens is 148 g/mol. The highest BCUT2D eigenvalue weighted by Gasteiger charge is 2.09. The van der Waals surface area contributed by atoms with Crippen molar-refractivity contribution in [2.45, 2.75) is 45.3 Å². The number of hydrogen-bond acceptors (Lipinski definition) is 4. The van der Waals surface area contributed by atoms with Gasteiger partial charge < -0.3 is 0 Å².